The summed E-state index contributed by atoms with van der Waals surface area (Å²) >= 11 is 13.5. The smallest absolute Gasteiger partial charge is 0.263 e. The van der Waals surface area contributed by atoms with Gasteiger partial charge in [0.2, 0.25) is 5.91 Å². The van der Waals surface area contributed by atoms with Gasteiger partial charge < -0.3 is 15.1 Å². The lowest BCUT2D eigenvalue weighted by Gasteiger charge is -2.37. The van der Waals surface area contributed by atoms with E-state index in [2.05, 4.69) is 27.1 Å². The minimum Gasteiger partial charge on any atom is -0.347 e. The van der Waals surface area contributed by atoms with E-state index < -0.39 is 0 Å². The zero-order chi connectivity index (χ0) is 23.4. The third-order valence-electron chi connectivity index (χ3n) is 6.34. The molecule has 0 saturated carbocycles. The monoisotopic (exact) mass is 509 g/mol. The Morgan fingerprint density at radius 1 is 1.12 bits per heavy atom. The molecule has 2 amide bonds. The highest BCUT2D eigenvalue weighted by atomic mass is 35.5. The summed E-state index contributed by atoms with van der Waals surface area (Å²) in [5.74, 6) is 0.325. The first-order valence-electron chi connectivity index (χ1n) is 11.3. The van der Waals surface area contributed by atoms with Crippen molar-refractivity contribution in [2.45, 2.75) is 25.9 Å². The van der Waals surface area contributed by atoms with Gasteiger partial charge in [0.15, 0.2) is 0 Å². The fourth-order valence-electron chi connectivity index (χ4n) is 4.25. The number of likely N-dealkylation sites (tertiary alicyclic amines) is 1. The summed E-state index contributed by atoms with van der Waals surface area (Å²) in [6.45, 7) is 6.19. The molecule has 0 bridgehead atoms. The number of rotatable bonds is 6. The molecule has 0 radical (unpaired) electrons. The van der Waals surface area contributed by atoms with Gasteiger partial charge in [0.25, 0.3) is 5.91 Å². The van der Waals surface area contributed by atoms with Crippen molar-refractivity contribution in [1.29, 1.82) is 0 Å². The molecule has 3 heterocycles. The summed E-state index contributed by atoms with van der Waals surface area (Å²) in [4.78, 5) is 37.0. The summed E-state index contributed by atoms with van der Waals surface area (Å²) in [6, 6.07) is 5.22. The minimum absolute atomic E-state index is 0.168. The molecule has 2 saturated heterocycles. The Bertz CT molecular complexity index is 985. The van der Waals surface area contributed by atoms with Gasteiger partial charge in [0, 0.05) is 48.7 Å². The zero-order valence-corrected chi connectivity index (χ0v) is 21.1. The van der Waals surface area contributed by atoms with Crippen LogP contribution in [0.15, 0.2) is 24.4 Å². The number of nitrogens with one attached hydrogen (secondary N) is 1. The molecule has 0 unspecified atom stereocenters. The number of piperazine rings is 1. The Balaban J connectivity index is 1.23. The molecule has 0 aliphatic carbocycles. The van der Waals surface area contributed by atoms with Crippen LogP contribution < -0.4 is 5.32 Å². The normalized spacial score (nSPS) is 18.5. The second-order valence-corrected chi connectivity index (χ2v) is 10.7. The Labute approximate surface area is 208 Å². The molecule has 2 aliphatic heterocycles. The van der Waals surface area contributed by atoms with Gasteiger partial charge in [-0.3, -0.25) is 14.5 Å². The highest BCUT2D eigenvalue weighted by Gasteiger charge is 2.29. The number of carbonyl (C=O) groups is 2. The number of amides is 2. The molecule has 2 fully saturated rings. The van der Waals surface area contributed by atoms with E-state index in [-0.39, 0.29) is 11.8 Å². The van der Waals surface area contributed by atoms with Crippen molar-refractivity contribution in [2.24, 2.45) is 5.92 Å². The standard InChI is InChI=1S/C23H29Cl2N5O2S/c1-28-6-4-16(5-7-28)23(32)30-10-8-29(9-11-30)15-21-26-14-20(33-21)22(31)27-13-17-2-3-18(24)12-19(17)25/h2-3,12,14,16H,4-11,13,15H2,1H3,(H,27,31). The third kappa shape index (κ3) is 6.45. The maximum Gasteiger partial charge on any atom is 0.263 e. The lowest BCUT2D eigenvalue weighted by atomic mass is 9.95. The zero-order valence-electron chi connectivity index (χ0n) is 18.7. The van der Waals surface area contributed by atoms with Gasteiger partial charge in [-0.1, -0.05) is 29.3 Å². The number of hydrogen-bond donors (Lipinski definition) is 1. The van der Waals surface area contributed by atoms with Crippen LogP contribution in [0.3, 0.4) is 0 Å². The van der Waals surface area contributed by atoms with Gasteiger partial charge in [-0.05, 0) is 50.7 Å². The van der Waals surface area contributed by atoms with Crippen LogP contribution in [0.2, 0.25) is 10.0 Å². The number of halogens is 2. The predicted octanol–water partition coefficient (Wildman–Crippen LogP) is 3.37. The highest BCUT2D eigenvalue weighted by molar-refractivity contribution is 7.13. The largest absolute Gasteiger partial charge is 0.347 e. The van der Waals surface area contributed by atoms with E-state index in [0.717, 1.165) is 62.7 Å². The lowest BCUT2D eigenvalue weighted by molar-refractivity contribution is -0.138. The number of aromatic nitrogens is 1. The minimum atomic E-state index is -0.168. The second-order valence-electron chi connectivity index (χ2n) is 8.72. The van der Waals surface area contributed by atoms with E-state index in [1.165, 1.54) is 11.3 Å². The molecule has 33 heavy (non-hydrogen) atoms. The van der Waals surface area contributed by atoms with E-state index in [4.69, 9.17) is 23.2 Å². The molecule has 0 spiro atoms. The van der Waals surface area contributed by atoms with Crippen molar-refractivity contribution in [3.8, 4) is 0 Å². The average Bonchev–Trinajstić information content (AvgIpc) is 3.27. The van der Waals surface area contributed by atoms with Crippen LogP contribution in [-0.2, 0) is 17.9 Å². The summed E-state index contributed by atoms with van der Waals surface area (Å²) in [5, 5.41) is 4.88. The van der Waals surface area contributed by atoms with Crippen LogP contribution in [-0.4, -0.2) is 77.8 Å². The highest BCUT2D eigenvalue weighted by Crippen LogP contribution is 2.22. The van der Waals surface area contributed by atoms with Crippen LogP contribution >= 0.6 is 34.5 Å². The van der Waals surface area contributed by atoms with E-state index >= 15 is 0 Å². The van der Waals surface area contributed by atoms with E-state index in [0.29, 0.717) is 33.9 Å². The predicted molar refractivity (Wildman–Crippen MR) is 132 cm³/mol. The van der Waals surface area contributed by atoms with Crippen LogP contribution in [0.1, 0.15) is 33.1 Å². The fraction of sp³-hybridized carbons (Fsp3) is 0.522. The van der Waals surface area contributed by atoms with Crippen molar-refractivity contribution >= 4 is 46.4 Å². The SMILES string of the molecule is CN1CCC(C(=O)N2CCN(Cc3ncc(C(=O)NCc4ccc(Cl)cc4Cl)s3)CC2)CC1. The van der Waals surface area contributed by atoms with Gasteiger partial charge in [0.05, 0.1) is 12.7 Å². The maximum atomic E-state index is 12.8. The third-order valence-corrected chi connectivity index (χ3v) is 7.91. The van der Waals surface area contributed by atoms with Crippen molar-refractivity contribution in [1.82, 2.24) is 25.0 Å². The van der Waals surface area contributed by atoms with Crippen molar-refractivity contribution < 1.29 is 9.59 Å². The number of nitrogens with zero attached hydrogens (tertiary/aromatic N) is 4. The number of piperidine rings is 1. The topological polar surface area (TPSA) is 68.8 Å². The van der Waals surface area contributed by atoms with E-state index in [1.54, 1.807) is 24.4 Å². The molecule has 178 valence electrons. The molecule has 4 rings (SSSR count). The van der Waals surface area contributed by atoms with Gasteiger partial charge in [-0.25, -0.2) is 4.98 Å². The Kier molecular flexibility index (Phi) is 8.24. The molecule has 1 N–H and O–H groups in total. The van der Waals surface area contributed by atoms with Crippen molar-refractivity contribution in [3.63, 3.8) is 0 Å². The summed E-state index contributed by atoms with van der Waals surface area (Å²) in [5.41, 5.74) is 0.812. The number of carbonyl (C=O) groups excluding carboxylic acids is 2. The molecule has 2 aromatic rings. The Hall–Kier alpha value is -1.71. The fourth-order valence-corrected chi connectivity index (χ4v) is 5.60. The molecule has 1 aromatic heterocycles. The lowest BCUT2D eigenvalue weighted by Crippen LogP contribution is -2.51. The molecule has 7 nitrogen and oxygen atoms in total. The number of hydrogen-bond acceptors (Lipinski definition) is 6. The average molecular weight is 510 g/mol. The van der Waals surface area contributed by atoms with Crippen LogP contribution in [0.4, 0.5) is 0 Å². The van der Waals surface area contributed by atoms with Gasteiger partial charge in [0.1, 0.15) is 9.88 Å². The van der Waals surface area contributed by atoms with Crippen molar-refractivity contribution in [3.05, 3.63) is 49.9 Å². The molecule has 2 aliphatic rings. The van der Waals surface area contributed by atoms with E-state index in [1.807, 2.05) is 4.90 Å². The first kappa shape index (κ1) is 24.4. The molecule has 1 aromatic carbocycles. The Morgan fingerprint density at radius 2 is 1.85 bits per heavy atom. The maximum absolute atomic E-state index is 12.8. The molecule has 0 atom stereocenters. The summed E-state index contributed by atoms with van der Waals surface area (Å²) in [7, 11) is 2.11. The first-order chi connectivity index (χ1) is 15.9. The van der Waals surface area contributed by atoms with Crippen LogP contribution in [0.25, 0.3) is 0 Å². The van der Waals surface area contributed by atoms with Gasteiger partial charge in [-0.15, -0.1) is 11.3 Å². The second kappa shape index (κ2) is 11.1. The first-order valence-corrected chi connectivity index (χ1v) is 12.8. The van der Waals surface area contributed by atoms with Gasteiger partial charge in [-0.2, -0.15) is 0 Å². The quantitative estimate of drug-likeness (QED) is 0.646. The summed E-state index contributed by atoms with van der Waals surface area (Å²) in [6.07, 6.45) is 3.55. The van der Waals surface area contributed by atoms with Crippen LogP contribution in [0.5, 0.6) is 0 Å². The van der Waals surface area contributed by atoms with Gasteiger partial charge >= 0.3 is 0 Å². The number of benzene rings is 1. The molecular weight excluding hydrogens is 481 g/mol. The summed E-state index contributed by atoms with van der Waals surface area (Å²) < 4.78 is 0. The van der Waals surface area contributed by atoms with E-state index in [9.17, 15) is 9.59 Å². The van der Waals surface area contributed by atoms with Crippen molar-refractivity contribution in [2.75, 3.05) is 46.3 Å². The Morgan fingerprint density at radius 3 is 2.55 bits per heavy atom. The molecule has 10 heteroatoms. The number of thiazole rings is 1. The molecular formula is C23H29Cl2N5O2S. The van der Waals surface area contributed by atoms with Crippen LogP contribution in [0, 0.1) is 5.92 Å².